The fraction of sp³-hybridized carbons (Fsp3) is 0.250. The lowest BCUT2D eigenvalue weighted by Crippen LogP contribution is -2.37. The van der Waals surface area contributed by atoms with Gasteiger partial charge in [0, 0.05) is 24.9 Å². The number of nitrogens with one attached hydrogen (secondary N) is 2. The highest BCUT2D eigenvalue weighted by molar-refractivity contribution is 5.79. The van der Waals surface area contributed by atoms with Crippen LogP contribution in [0.4, 0.5) is 5.69 Å². The Kier molecular flexibility index (Phi) is 6.05. The first-order valence-electron chi connectivity index (χ1n) is 7.34. The van der Waals surface area contributed by atoms with Crippen molar-refractivity contribution in [2.24, 2.45) is 4.99 Å². The number of pyridine rings is 1. The van der Waals surface area contributed by atoms with Crippen LogP contribution in [0.15, 0.2) is 53.7 Å². The lowest BCUT2D eigenvalue weighted by atomic mass is 10.2. The molecular formula is C16H19N5O2. The quantitative estimate of drug-likeness (QED) is 0.369. The third-order valence-electron chi connectivity index (χ3n) is 3.05. The van der Waals surface area contributed by atoms with E-state index in [1.54, 1.807) is 12.3 Å². The number of nitro benzene ring substituents is 1. The average molecular weight is 313 g/mol. The molecule has 7 heteroatoms. The number of hydrogen-bond acceptors (Lipinski definition) is 4. The minimum Gasteiger partial charge on any atom is -0.357 e. The van der Waals surface area contributed by atoms with Crippen molar-refractivity contribution in [1.29, 1.82) is 0 Å². The van der Waals surface area contributed by atoms with Crippen molar-refractivity contribution in [2.45, 2.75) is 20.0 Å². The van der Waals surface area contributed by atoms with Gasteiger partial charge in [0.15, 0.2) is 5.96 Å². The Morgan fingerprint density at radius 3 is 2.83 bits per heavy atom. The number of aliphatic imine (C=N–C) groups is 1. The highest BCUT2D eigenvalue weighted by Crippen LogP contribution is 2.13. The van der Waals surface area contributed by atoms with Gasteiger partial charge in [0.05, 0.1) is 23.7 Å². The van der Waals surface area contributed by atoms with Crippen LogP contribution in [0.2, 0.25) is 0 Å². The van der Waals surface area contributed by atoms with Crippen LogP contribution in [-0.4, -0.2) is 22.4 Å². The van der Waals surface area contributed by atoms with Crippen molar-refractivity contribution in [2.75, 3.05) is 6.54 Å². The molecule has 120 valence electrons. The summed E-state index contributed by atoms with van der Waals surface area (Å²) in [6.45, 7) is 3.62. The molecule has 1 heterocycles. The topological polar surface area (TPSA) is 92.5 Å². The van der Waals surface area contributed by atoms with E-state index in [0.717, 1.165) is 17.8 Å². The largest absolute Gasteiger partial charge is 0.357 e. The molecule has 2 N–H and O–H groups in total. The summed E-state index contributed by atoms with van der Waals surface area (Å²) in [4.78, 5) is 19.1. The Hall–Kier alpha value is -2.96. The molecule has 0 amide bonds. The molecule has 0 radical (unpaired) electrons. The Labute approximate surface area is 134 Å². The van der Waals surface area contributed by atoms with Gasteiger partial charge in [0.2, 0.25) is 0 Å². The van der Waals surface area contributed by atoms with Gasteiger partial charge in [-0.3, -0.25) is 15.1 Å². The number of nitro groups is 1. The second kappa shape index (κ2) is 8.47. The van der Waals surface area contributed by atoms with E-state index in [-0.39, 0.29) is 5.69 Å². The smallest absolute Gasteiger partial charge is 0.269 e. The second-order valence-corrected chi connectivity index (χ2v) is 4.80. The lowest BCUT2D eigenvalue weighted by molar-refractivity contribution is -0.384. The van der Waals surface area contributed by atoms with Crippen LogP contribution in [-0.2, 0) is 13.1 Å². The van der Waals surface area contributed by atoms with Gasteiger partial charge in [-0.15, -0.1) is 0 Å². The lowest BCUT2D eigenvalue weighted by Gasteiger charge is -2.10. The molecule has 0 aliphatic rings. The van der Waals surface area contributed by atoms with Crippen LogP contribution in [0.3, 0.4) is 0 Å². The molecule has 1 aromatic heterocycles. The summed E-state index contributed by atoms with van der Waals surface area (Å²) >= 11 is 0. The number of non-ortho nitro benzene ring substituents is 1. The van der Waals surface area contributed by atoms with Crippen LogP contribution >= 0.6 is 0 Å². The van der Waals surface area contributed by atoms with Crippen LogP contribution in [0.1, 0.15) is 18.2 Å². The minimum atomic E-state index is -0.405. The van der Waals surface area contributed by atoms with Crippen LogP contribution in [0, 0.1) is 10.1 Å². The monoisotopic (exact) mass is 313 g/mol. The highest BCUT2D eigenvalue weighted by Gasteiger charge is 2.05. The second-order valence-electron chi connectivity index (χ2n) is 4.80. The molecule has 2 rings (SSSR count). The summed E-state index contributed by atoms with van der Waals surface area (Å²) in [5.41, 5.74) is 1.77. The van der Waals surface area contributed by atoms with Gasteiger partial charge in [-0.25, -0.2) is 4.99 Å². The van der Waals surface area contributed by atoms with Gasteiger partial charge in [-0.2, -0.15) is 0 Å². The predicted octanol–water partition coefficient (Wildman–Crippen LogP) is 2.25. The summed E-state index contributed by atoms with van der Waals surface area (Å²) < 4.78 is 0. The molecule has 0 saturated carbocycles. The molecule has 0 spiro atoms. The summed E-state index contributed by atoms with van der Waals surface area (Å²) in [5, 5.41) is 17.1. The van der Waals surface area contributed by atoms with Crippen molar-refractivity contribution in [3.05, 3.63) is 70.0 Å². The molecule has 0 bridgehead atoms. The molecule has 23 heavy (non-hydrogen) atoms. The fourth-order valence-corrected chi connectivity index (χ4v) is 1.96. The molecule has 0 unspecified atom stereocenters. The van der Waals surface area contributed by atoms with Gasteiger partial charge < -0.3 is 10.6 Å². The Morgan fingerprint density at radius 1 is 1.26 bits per heavy atom. The maximum atomic E-state index is 10.8. The molecule has 0 atom stereocenters. The number of benzene rings is 1. The van der Waals surface area contributed by atoms with Crippen LogP contribution < -0.4 is 10.6 Å². The Morgan fingerprint density at radius 2 is 2.13 bits per heavy atom. The highest BCUT2D eigenvalue weighted by atomic mass is 16.6. The first-order chi connectivity index (χ1) is 11.2. The third kappa shape index (κ3) is 5.39. The number of nitrogens with zero attached hydrogens (tertiary/aromatic N) is 3. The number of hydrogen-bond donors (Lipinski definition) is 2. The standard InChI is InChI=1S/C16H19N5O2/c1-2-17-16(20-12-14-7-3-4-9-18-14)19-11-13-6-5-8-15(10-13)21(22)23/h3-10H,2,11-12H2,1H3,(H2,17,19,20). The van der Waals surface area contributed by atoms with Crippen molar-refractivity contribution < 1.29 is 4.92 Å². The van der Waals surface area contributed by atoms with E-state index < -0.39 is 4.92 Å². The van der Waals surface area contributed by atoms with Crippen molar-refractivity contribution >= 4 is 11.6 Å². The first-order valence-corrected chi connectivity index (χ1v) is 7.34. The number of aromatic nitrogens is 1. The molecule has 0 fully saturated rings. The zero-order valence-corrected chi connectivity index (χ0v) is 12.9. The Balaban J connectivity index is 2.00. The molecule has 0 aliphatic carbocycles. The summed E-state index contributed by atoms with van der Waals surface area (Å²) in [6.07, 6.45) is 1.74. The molecular weight excluding hydrogens is 294 g/mol. The maximum absolute atomic E-state index is 10.8. The predicted molar refractivity (Wildman–Crippen MR) is 89.0 cm³/mol. The SMILES string of the molecule is CCNC(=NCc1cccc([N+](=O)[O-])c1)NCc1ccccn1. The van der Waals surface area contributed by atoms with Crippen LogP contribution in [0.5, 0.6) is 0 Å². The fourth-order valence-electron chi connectivity index (χ4n) is 1.96. The van der Waals surface area contributed by atoms with Gasteiger partial charge in [0.1, 0.15) is 0 Å². The summed E-state index contributed by atoms with van der Waals surface area (Å²) in [6, 6.07) is 12.2. The van der Waals surface area contributed by atoms with E-state index in [1.807, 2.05) is 31.2 Å². The average Bonchev–Trinajstić information content (AvgIpc) is 2.58. The molecule has 0 aliphatic heterocycles. The van der Waals surface area contributed by atoms with E-state index in [1.165, 1.54) is 12.1 Å². The van der Waals surface area contributed by atoms with Crippen molar-refractivity contribution in [3.8, 4) is 0 Å². The van der Waals surface area contributed by atoms with Crippen molar-refractivity contribution in [3.63, 3.8) is 0 Å². The molecule has 1 aromatic carbocycles. The van der Waals surface area contributed by atoms with Crippen molar-refractivity contribution in [1.82, 2.24) is 15.6 Å². The normalized spacial score (nSPS) is 11.1. The molecule has 2 aromatic rings. The van der Waals surface area contributed by atoms with Crippen LogP contribution in [0.25, 0.3) is 0 Å². The molecule has 7 nitrogen and oxygen atoms in total. The van der Waals surface area contributed by atoms with E-state index in [0.29, 0.717) is 19.0 Å². The summed E-state index contributed by atoms with van der Waals surface area (Å²) in [7, 11) is 0. The summed E-state index contributed by atoms with van der Waals surface area (Å²) in [5.74, 6) is 0.643. The van der Waals surface area contributed by atoms with E-state index in [4.69, 9.17) is 0 Å². The first kappa shape index (κ1) is 16.4. The zero-order valence-electron chi connectivity index (χ0n) is 12.9. The Bertz CT molecular complexity index is 673. The zero-order chi connectivity index (χ0) is 16.5. The van der Waals surface area contributed by atoms with E-state index in [9.17, 15) is 10.1 Å². The van der Waals surface area contributed by atoms with Gasteiger partial charge in [0.25, 0.3) is 5.69 Å². The minimum absolute atomic E-state index is 0.0733. The number of guanidine groups is 1. The van der Waals surface area contributed by atoms with E-state index >= 15 is 0 Å². The third-order valence-corrected chi connectivity index (χ3v) is 3.05. The van der Waals surface area contributed by atoms with E-state index in [2.05, 4.69) is 20.6 Å². The molecule has 0 saturated heterocycles. The maximum Gasteiger partial charge on any atom is 0.269 e. The van der Waals surface area contributed by atoms with Gasteiger partial charge >= 0.3 is 0 Å². The van der Waals surface area contributed by atoms with Gasteiger partial charge in [-0.05, 0) is 24.6 Å². The van der Waals surface area contributed by atoms with Gasteiger partial charge in [-0.1, -0.05) is 18.2 Å². The number of rotatable bonds is 6.